The van der Waals surface area contributed by atoms with Crippen LogP contribution >= 0.6 is 0 Å². The SMILES string of the molecule is NCCN1CCCNC1=O. The Hall–Kier alpha value is -0.770. The molecule has 1 heterocycles. The standard InChI is InChI=1S/C6H13N3O/c7-2-5-9-4-1-3-8-6(9)10/h1-5,7H2,(H,8,10). The van der Waals surface area contributed by atoms with Crippen molar-refractivity contribution in [3.63, 3.8) is 0 Å². The van der Waals surface area contributed by atoms with Gasteiger partial charge in [-0.3, -0.25) is 0 Å². The van der Waals surface area contributed by atoms with Crippen molar-refractivity contribution in [3.05, 3.63) is 0 Å². The summed E-state index contributed by atoms with van der Waals surface area (Å²) in [4.78, 5) is 12.7. The van der Waals surface area contributed by atoms with Gasteiger partial charge in [-0.15, -0.1) is 0 Å². The number of carbonyl (C=O) groups is 1. The zero-order valence-electron chi connectivity index (χ0n) is 5.97. The van der Waals surface area contributed by atoms with Crippen molar-refractivity contribution in [3.8, 4) is 0 Å². The molecule has 3 N–H and O–H groups in total. The van der Waals surface area contributed by atoms with Gasteiger partial charge in [0.05, 0.1) is 0 Å². The molecule has 0 aromatic rings. The van der Waals surface area contributed by atoms with Gasteiger partial charge < -0.3 is 16.0 Å². The van der Waals surface area contributed by atoms with Gasteiger partial charge in [-0.25, -0.2) is 4.79 Å². The van der Waals surface area contributed by atoms with Gasteiger partial charge in [0.1, 0.15) is 0 Å². The summed E-state index contributed by atoms with van der Waals surface area (Å²) in [5.74, 6) is 0. The maximum absolute atomic E-state index is 10.9. The lowest BCUT2D eigenvalue weighted by Crippen LogP contribution is -2.48. The minimum absolute atomic E-state index is 0.0247. The van der Waals surface area contributed by atoms with Gasteiger partial charge >= 0.3 is 6.03 Å². The quantitative estimate of drug-likeness (QED) is 0.540. The van der Waals surface area contributed by atoms with Crippen molar-refractivity contribution in [1.82, 2.24) is 10.2 Å². The minimum atomic E-state index is 0.0247. The van der Waals surface area contributed by atoms with Crippen LogP contribution in [0.1, 0.15) is 6.42 Å². The number of carbonyl (C=O) groups excluding carboxylic acids is 1. The topological polar surface area (TPSA) is 58.4 Å². The first kappa shape index (κ1) is 7.34. The summed E-state index contributed by atoms with van der Waals surface area (Å²) in [5, 5.41) is 2.75. The van der Waals surface area contributed by atoms with Crippen molar-refractivity contribution >= 4 is 6.03 Å². The molecule has 0 atom stereocenters. The normalized spacial score (nSPS) is 18.9. The molecule has 10 heavy (non-hydrogen) atoms. The molecule has 1 rings (SSSR count). The number of hydrogen-bond donors (Lipinski definition) is 2. The van der Waals surface area contributed by atoms with Crippen LogP contribution in [0.5, 0.6) is 0 Å². The van der Waals surface area contributed by atoms with Gasteiger partial charge in [0.2, 0.25) is 0 Å². The second-order valence-corrected chi connectivity index (χ2v) is 2.36. The van der Waals surface area contributed by atoms with Crippen LogP contribution in [0.3, 0.4) is 0 Å². The molecular formula is C6H13N3O. The number of nitrogens with zero attached hydrogens (tertiary/aromatic N) is 1. The summed E-state index contributed by atoms with van der Waals surface area (Å²) in [7, 11) is 0. The Morgan fingerprint density at radius 2 is 2.50 bits per heavy atom. The van der Waals surface area contributed by atoms with Gasteiger partial charge in [0, 0.05) is 26.2 Å². The summed E-state index contributed by atoms with van der Waals surface area (Å²) >= 11 is 0. The Kier molecular flexibility index (Phi) is 2.50. The number of hydrogen-bond acceptors (Lipinski definition) is 2. The average molecular weight is 143 g/mol. The zero-order valence-corrected chi connectivity index (χ0v) is 5.97. The van der Waals surface area contributed by atoms with E-state index in [1.165, 1.54) is 0 Å². The first-order chi connectivity index (χ1) is 4.84. The van der Waals surface area contributed by atoms with E-state index in [1.807, 2.05) is 0 Å². The number of amides is 2. The van der Waals surface area contributed by atoms with Crippen LogP contribution in [0.25, 0.3) is 0 Å². The molecule has 0 bridgehead atoms. The highest BCUT2D eigenvalue weighted by atomic mass is 16.2. The molecule has 0 unspecified atom stereocenters. The van der Waals surface area contributed by atoms with Gasteiger partial charge in [-0.2, -0.15) is 0 Å². The van der Waals surface area contributed by atoms with E-state index in [-0.39, 0.29) is 6.03 Å². The first-order valence-electron chi connectivity index (χ1n) is 3.57. The van der Waals surface area contributed by atoms with Crippen LogP contribution in [0.4, 0.5) is 4.79 Å². The van der Waals surface area contributed by atoms with E-state index in [0.29, 0.717) is 13.1 Å². The number of nitrogens with two attached hydrogens (primary N) is 1. The smallest absolute Gasteiger partial charge is 0.317 e. The molecule has 0 aromatic carbocycles. The monoisotopic (exact) mass is 143 g/mol. The molecule has 1 saturated heterocycles. The van der Waals surface area contributed by atoms with Gasteiger partial charge in [0.25, 0.3) is 0 Å². The van der Waals surface area contributed by atoms with E-state index in [4.69, 9.17) is 5.73 Å². The predicted octanol–water partition coefficient (Wildman–Crippen LogP) is -0.640. The Bertz CT molecular complexity index is 124. The second-order valence-electron chi connectivity index (χ2n) is 2.36. The fourth-order valence-electron chi connectivity index (χ4n) is 1.05. The lowest BCUT2D eigenvalue weighted by Gasteiger charge is -2.26. The van der Waals surface area contributed by atoms with Gasteiger partial charge in [-0.1, -0.05) is 0 Å². The van der Waals surface area contributed by atoms with Crippen LogP contribution in [0.2, 0.25) is 0 Å². The van der Waals surface area contributed by atoms with Crippen molar-refractivity contribution in [2.45, 2.75) is 6.42 Å². The van der Waals surface area contributed by atoms with Crippen molar-refractivity contribution in [1.29, 1.82) is 0 Å². The fourth-order valence-corrected chi connectivity index (χ4v) is 1.05. The van der Waals surface area contributed by atoms with Gasteiger partial charge in [0.15, 0.2) is 0 Å². The lowest BCUT2D eigenvalue weighted by molar-refractivity contribution is 0.188. The Labute approximate surface area is 60.4 Å². The highest BCUT2D eigenvalue weighted by molar-refractivity contribution is 5.74. The highest BCUT2D eigenvalue weighted by Gasteiger charge is 2.15. The van der Waals surface area contributed by atoms with Crippen LogP contribution in [0.15, 0.2) is 0 Å². The summed E-state index contributed by atoms with van der Waals surface area (Å²) in [5.41, 5.74) is 5.30. The third-order valence-electron chi connectivity index (χ3n) is 1.57. The molecule has 0 saturated carbocycles. The molecule has 1 aliphatic heterocycles. The lowest BCUT2D eigenvalue weighted by atomic mass is 10.3. The van der Waals surface area contributed by atoms with Crippen LogP contribution in [-0.4, -0.2) is 37.1 Å². The maximum atomic E-state index is 10.9. The van der Waals surface area contributed by atoms with E-state index in [2.05, 4.69) is 5.32 Å². The molecule has 0 spiro atoms. The van der Waals surface area contributed by atoms with Crippen molar-refractivity contribution in [2.75, 3.05) is 26.2 Å². The number of nitrogens with one attached hydrogen (secondary N) is 1. The summed E-state index contributed by atoms with van der Waals surface area (Å²) in [6, 6.07) is 0.0247. The predicted molar refractivity (Wildman–Crippen MR) is 38.6 cm³/mol. The summed E-state index contributed by atoms with van der Waals surface area (Å²) < 4.78 is 0. The van der Waals surface area contributed by atoms with Crippen LogP contribution < -0.4 is 11.1 Å². The maximum Gasteiger partial charge on any atom is 0.317 e. The molecule has 1 fully saturated rings. The summed E-state index contributed by atoms with van der Waals surface area (Å²) in [6.45, 7) is 2.88. The van der Waals surface area contributed by atoms with E-state index in [1.54, 1.807) is 4.90 Å². The third kappa shape index (κ3) is 1.60. The molecular weight excluding hydrogens is 130 g/mol. The molecule has 0 aromatic heterocycles. The summed E-state index contributed by atoms with van der Waals surface area (Å²) in [6.07, 6.45) is 1.03. The largest absolute Gasteiger partial charge is 0.338 e. The van der Waals surface area contributed by atoms with Crippen molar-refractivity contribution in [2.24, 2.45) is 5.73 Å². The average Bonchev–Trinajstić information content (AvgIpc) is 1.94. The molecule has 0 radical (unpaired) electrons. The van der Waals surface area contributed by atoms with Crippen LogP contribution in [-0.2, 0) is 0 Å². The molecule has 1 aliphatic rings. The van der Waals surface area contributed by atoms with E-state index < -0.39 is 0 Å². The molecule has 4 heteroatoms. The molecule has 2 amide bonds. The van der Waals surface area contributed by atoms with E-state index >= 15 is 0 Å². The third-order valence-corrected chi connectivity index (χ3v) is 1.57. The highest BCUT2D eigenvalue weighted by Crippen LogP contribution is 1.96. The second kappa shape index (κ2) is 3.41. The Morgan fingerprint density at radius 3 is 3.10 bits per heavy atom. The molecule has 58 valence electrons. The molecule has 4 nitrogen and oxygen atoms in total. The molecule has 0 aliphatic carbocycles. The Balaban J connectivity index is 2.32. The minimum Gasteiger partial charge on any atom is -0.338 e. The Morgan fingerprint density at radius 1 is 1.70 bits per heavy atom. The van der Waals surface area contributed by atoms with E-state index in [0.717, 1.165) is 19.5 Å². The number of urea groups is 1. The number of rotatable bonds is 2. The first-order valence-corrected chi connectivity index (χ1v) is 3.57. The van der Waals surface area contributed by atoms with Crippen molar-refractivity contribution < 1.29 is 4.79 Å². The fraction of sp³-hybridized carbons (Fsp3) is 0.833. The zero-order chi connectivity index (χ0) is 7.40. The van der Waals surface area contributed by atoms with E-state index in [9.17, 15) is 4.79 Å². The van der Waals surface area contributed by atoms with Gasteiger partial charge in [-0.05, 0) is 6.42 Å². The van der Waals surface area contributed by atoms with Crippen LogP contribution in [0, 0.1) is 0 Å².